The molecule has 0 fully saturated rings. The fourth-order valence-corrected chi connectivity index (χ4v) is 1.13. The number of nitrogens with zero attached hydrogens (tertiary/aromatic N) is 2. The number of rotatable bonds is 5. The molecule has 82 valence electrons. The van der Waals surface area contributed by atoms with Crippen LogP contribution in [-0.4, -0.2) is 22.4 Å². The first-order valence-corrected chi connectivity index (χ1v) is 4.80. The average molecular weight is 209 g/mol. The van der Waals surface area contributed by atoms with Gasteiger partial charge in [0.25, 0.3) is 0 Å². The number of ether oxygens (including phenoxy) is 1. The molecular weight excluding hydrogens is 194 g/mol. The standard InChI is InChI=1S/C10H15N3O2/c1-3-5-6-13-7-8(11)9(12-13)10(14)15-4-2/h3,7H,1,4-6,11H2,2H3. The summed E-state index contributed by atoms with van der Waals surface area (Å²) in [4.78, 5) is 11.4. The molecule has 0 aliphatic heterocycles. The van der Waals surface area contributed by atoms with Gasteiger partial charge in [-0.1, -0.05) is 6.08 Å². The lowest BCUT2D eigenvalue weighted by Gasteiger charge is -1.98. The van der Waals surface area contributed by atoms with Gasteiger partial charge in [-0.3, -0.25) is 4.68 Å². The number of nitrogen functional groups attached to an aromatic ring is 1. The molecule has 0 atom stereocenters. The highest BCUT2D eigenvalue weighted by Crippen LogP contribution is 2.10. The number of carbonyl (C=O) groups is 1. The van der Waals surface area contributed by atoms with E-state index in [2.05, 4.69) is 11.7 Å². The highest BCUT2D eigenvalue weighted by Gasteiger charge is 2.15. The van der Waals surface area contributed by atoms with Crippen molar-refractivity contribution in [3.8, 4) is 0 Å². The molecule has 1 rings (SSSR count). The molecule has 15 heavy (non-hydrogen) atoms. The summed E-state index contributed by atoms with van der Waals surface area (Å²) >= 11 is 0. The van der Waals surface area contributed by atoms with E-state index in [1.54, 1.807) is 23.9 Å². The molecule has 0 saturated heterocycles. The third-order valence-electron chi connectivity index (χ3n) is 1.82. The van der Waals surface area contributed by atoms with E-state index in [0.29, 0.717) is 18.8 Å². The summed E-state index contributed by atoms with van der Waals surface area (Å²) in [6, 6.07) is 0. The van der Waals surface area contributed by atoms with Crippen molar-refractivity contribution in [2.24, 2.45) is 0 Å². The molecule has 2 N–H and O–H groups in total. The summed E-state index contributed by atoms with van der Waals surface area (Å²) in [5.74, 6) is -0.479. The minimum atomic E-state index is -0.479. The molecule has 0 aliphatic rings. The van der Waals surface area contributed by atoms with Crippen molar-refractivity contribution in [3.63, 3.8) is 0 Å². The van der Waals surface area contributed by atoms with Gasteiger partial charge in [0.05, 0.1) is 12.3 Å². The van der Waals surface area contributed by atoms with Gasteiger partial charge < -0.3 is 10.5 Å². The van der Waals surface area contributed by atoms with Gasteiger partial charge in [0.2, 0.25) is 0 Å². The number of esters is 1. The first kappa shape index (κ1) is 11.3. The van der Waals surface area contributed by atoms with Crippen LogP contribution in [0.1, 0.15) is 23.8 Å². The lowest BCUT2D eigenvalue weighted by molar-refractivity contribution is 0.0519. The smallest absolute Gasteiger partial charge is 0.361 e. The van der Waals surface area contributed by atoms with Crippen LogP contribution >= 0.6 is 0 Å². The first-order valence-electron chi connectivity index (χ1n) is 4.80. The van der Waals surface area contributed by atoms with E-state index >= 15 is 0 Å². The SMILES string of the molecule is C=CCCn1cc(N)c(C(=O)OCC)n1. The van der Waals surface area contributed by atoms with Gasteiger partial charge in [-0.15, -0.1) is 6.58 Å². The highest BCUT2D eigenvalue weighted by atomic mass is 16.5. The maximum absolute atomic E-state index is 11.4. The van der Waals surface area contributed by atoms with Crippen LogP contribution in [-0.2, 0) is 11.3 Å². The summed E-state index contributed by atoms with van der Waals surface area (Å²) in [7, 11) is 0. The number of hydrogen-bond acceptors (Lipinski definition) is 4. The fourth-order valence-electron chi connectivity index (χ4n) is 1.13. The molecular formula is C10H15N3O2. The van der Waals surface area contributed by atoms with Crippen molar-refractivity contribution in [1.29, 1.82) is 0 Å². The van der Waals surface area contributed by atoms with E-state index in [9.17, 15) is 4.79 Å². The van der Waals surface area contributed by atoms with Crippen LogP contribution in [0.25, 0.3) is 0 Å². The van der Waals surface area contributed by atoms with Crippen molar-refractivity contribution in [1.82, 2.24) is 9.78 Å². The lowest BCUT2D eigenvalue weighted by atomic mass is 10.4. The Morgan fingerprint density at radius 2 is 2.53 bits per heavy atom. The van der Waals surface area contributed by atoms with Crippen molar-refractivity contribution in [2.75, 3.05) is 12.3 Å². The second-order valence-corrected chi connectivity index (χ2v) is 2.99. The third kappa shape index (κ3) is 2.83. The molecule has 0 bridgehead atoms. The van der Waals surface area contributed by atoms with Gasteiger partial charge in [0.15, 0.2) is 5.69 Å². The first-order chi connectivity index (χ1) is 7.19. The van der Waals surface area contributed by atoms with Crippen LogP contribution in [0.5, 0.6) is 0 Å². The fraction of sp³-hybridized carbons (Fsp3) is 0.400. The second-order valence-electron chi connectivity index (χ2n) is 2.99. The maximum Gasteiger partial charge on any atom is 0.361 e. The number of anilines is 1. The predicted octanol–water partition coefficient (Wildman–Crippen LogP) is 1.22. The predicted molar refractivity (Wildman–Crippen MR) is 57.4 cm³/mol. The van der Waals surface area contributed by atoms with Crippen LogP contribution in [0.3, 0.4) is 0 Å². The molecule has 0 radical (unpaired) electrons. The van der Waals surface area contributed by atoms with E-state index in [4.69, 9.17) is 10.5 Å². The zero-order chi connectivity index (χ0) is 11.3. The molecule has 0 amide bonds. The Morgan fingerprint density at radius 1 is 1.80 bits per heavy atom. The van der Waals surface area contributed by atoms with Crippen molar-refractivity contribution >= 4 is 11.7 Å². The summed E-state index contributed by atoms with van der Waals surface area (Å²) in [6.07, 6.45) is 4.18. The number of hydrogen-bond donors (Lipinski definition) is 1. The van der Waals surface area contributed by atoms with E-state index < -0.39 is 5.97 Å². The highest BCUT2D eigenvalue weighted by molar-refractivity contribution is 5.92. The van der Waals surface area contributed by atoms with Gasteiger partial charge in [0.1, 0.15) is 0 Å². The van der Waals surface area contributed by atoms with E-state index in [0.717, 1.165) is 6.42 Å². The average Bonchev–Trinajstić information content (AvgIpc) is 2.57. The minimum Gasteiger partial charge on any atom is -0.461 e. The van der Waals surface area contributed by atoms with Crippen LogP contribution < -0.4 is 5.73 Å². The summed E-state index contributed by atoms with van der Waals surface area (Å²) in [5, 5.41) is 4.04. The van der Waals surface area contributed by atoms with E-state index in [1.165, 1.54) is 0 Å². The molecule has 1 aromatic rings. The lowest BCUT2D eigenvalue weighted by Crippen LogP contribution is -2.08. The molecule has 5 nitrogen and oxygen atoms in total. The molecule has 0 saturated carbocycles. The Hall–Kier alpha value is -1.78. The molecule has 0 aromatic carbocycles. The van der Waals surface area contributed by atoms with Gasteiger partial charge >= 0.3 is 5.97 Å². The summed E-state index contributed by atoms with van der Waals surface area (Å²) < 4.78 is 6.43. The zero-order valence-corrected chi connectivity index (χ0v) is 8.77. The van der Waals surface area contributed by atoms with Crippen molar-refractivity contribution in [3.05, 3.63) is 24.5 Å². The molecule has 1 heterocycles. The number of carbonyl (C=O) groups excluding carboxylic acids is 1. The second kappa shape index (κ2) is 5.19. The Labute approximate surface area is 88.5 Å². The molecule has 0 aliphatic carbocycles. The number of aryl methyl sites for hydroxylation is 1. The van der Waals surface area contributed by atoms with E-state index in [-0.39, 0.29) is 5.69 Å². The van der Waals surface area contributed by atoms with Gasteiger partial charge in [0, 0.05) is 12.7 Å². The zero-order valence-electron chi connectivity index (χ0n) is 8.77. The van der Waals surface area contributed by atoms with Gasteiger partial charge in [-0.25, -0.2) is 4.79 Å². The van der Waals surface area contributed by atoms with Gasteiger partial charge in [-0.2, -0.15) is 5.10 Å². The van der Waals surface area contributed by atoms with E-state index in [1.807, 2.05) is 0 Å². The number of nitrogens with two attached hydrogens (primary N) is 1. The van der Waals surface area contributed by atoms with Crippen LogP contribution in [0.15, 0.2) is 18.9 Å². The van der Waals surface area contributed by atoms with Crippen LogP contribution in [0.2, 0.25) is 0 Å². The topological polar surface area (TPSA) is 70.1 Å². The molecule has 0 spiro atoms. The largest absolute Gasteiger partial charge is 0.461 e. The summed E-state index contributed by atoms with van der Waals surface area (Å²) in [6.45, 7) is 6.32. The Morgan fingerprint density at radius 3 is 3.13 bits per heavy atom. The maximum atomic E-state index is 11.4. The molecule has 0 unspecified atom stereocenters. The van der Waals surface area contributed by atoms with Gasteiger partial charge in [-0.05, 0) is 13.3 Å². The Kier molecular flexibility index (Phi) is 3.91. The number of aromatic nitrogens is 2. The normalized spacial score (nSPS) is 9.93. The minimum absolute atomic E-state index is 0.181. The van der Waals surface area contributed by atoms with Crippen LogP contribution in [0, 0.1) is 0 Å². The van der Waals surface area contributed by atoms with Crippen molar-refractivity contribution in [2.45, 2.75) is 19.9 Å². The van der Waals surface area contributed by atoms with Crippen molar-refractivity contribution < 1.29 is 9.53 Å². The Bertz CT molecular complexity index is 358. The number of allylic oxidation sites excluding steroid dienone is 1. The molecule has 5 heteroatoms. The quantitative estimate of drug-likeness (QED) is 0.584. The van der Waals surface area contributed by atoms with Crippen LogP contribution in [0.4, 0.5) is 5.69 Å². The molecule has 1 aromatic heterocycles. The third-order valence-corrected chi connectivity index (χ3v) is 1.82. The Balaban J connectivity index is 2.76. The summed E-state index contributed by atoms with van der Waals surface area (Å²) in [5.41, 5.74) is 6.16. The monoisotopic (exact) mass is 209 g/mol.